The summed E-state index contributed by atoms with van der Waals surface area (Å²) in [6.45, 7) is 6.63. The molecule has 19 heavy (non-hydrogen) atoms. The quantitative estimate of drug-likeness (QED) is 0.900. The molecular weight excluding hydrogens is 284 g/mol. The first-order chi connectivity index (χ1) is 9.00. The van der Waals surface area contributed by atoms with Crippen LogP contribution >= 0.6 is 11.3 Å². The van der Waals surface area contributed by atoms with E-state index >= 15 is 0 Å². The zero-order chi connectivity index (χ0) is 14.0. The molecule has 1 fully saturated rings. The van der Waals surface area contributed by atoms with Gasteiger partial charge in [-0.2, -0.15) is 4.31 Å². The maximum Gasteiger partial charge on any atom is 0.244 e. The molecule has 1 aromatic heterocycles. The third kappa shape index (κ3) is 2.85. The fourth-order valence-electron chi connectivity index (χ4n) is 2.46. The molecule has 1 unspecified atom stereocenters. The lowest BCUT2D eigenvalue weighted by molar-refractivity contribution is 0.135. The molecule has 0 saturated carbocycles. The van der Waals surface area contributed by atoms with E-state index in [0.717, 1.165) is 13.1 Å². The summed E-state index contributed by atoms with van der Waals surface area (Å²) >= 11 is 1.28. The van der Waals surface area contributed by atoms with Gasteiger partial charge in [-0.3, -0.25) is 4.90 Å². The molecule has 2 heterocycles. The van der Waals surface area contributed by atoms with Gasteiger partial charge < -0.3 is 5.11 Å². The summed E-state index contributed by atoms with van der Waals surface area (Å²) in [5.74, 6) is 0. The van der Waals surface area contributed by atoms with Gasteiger partial charge in [0.05, 0.1) is 11.5 Å². The van der Waals surface area contributed by atoms with E-state index in [4.69, 9.17) is 0 Å². The maximum absolute atomic E-state index is 12.6. The number of sulfonamides is 1. The average molecular weight is 304 g/mol. The van der Waals surface area contributed by atoms with Gasteiger partial charge in [-0.25, -0.2) is 8.42 Å². The van der Waals surface area contributed by atoms with Gasteiger partial charge in [-0.05, 0) is 24.9 Å². The van der Waals surface area contributed by atoms with Crippen LogP contribution in [-0.4, -0.2) is 55.0 Å². The molecule has 5 nitrogen and oxygen atoms in total. The van der Waals surface area contributed by atoms with Crippen molar-refractivity contribution in [2.24, 2.45) is 0 Å². The lowest BCUT2D eigenvalue weighted by Gasteiger charge is -2.38. The van der Waals surface area contributed by atoms with E-state index in [1.54, 1.807) is 11.4 Å². The van der Waals surface area contributed by atoms with E-state index in [2.05, 4.69) is 11.8 Å². The summed E-state index contributed by atoms with van der Waals surface area (Å²) in [6, 6.07) is 1.81. The van der Waals surface area contributed by atoms with Crippen LogP contribution in [0, 0.1) is 0 Å². The number of thiophene rings is 1. The SMILES string of the molecule is CCN1CCN(S(=O)(=O)c2ccsc2CO)CC1C. The second-order valence-corrected chi connectivity index (χ2v) is 7.61. The van der Waals surface area contributed by atoms with Crippen LogP contribution < -0.4 is 0 Å². The summed E-state index contributed by atoms with van der Waals surface area (Å²) in [6.07, 6.45) is 0. The Labute approximate surface area is 118 Å². The van der Waals surface area contributed by atoms with Crippen LogP contribution in [0.1, 0.15) is 18.7 Å². The van der Waals surface area contributed by atoms with E-state index in [0.29, 0.717) is 18.0 Å². The van der Waals surface area contributed by atoms with Crippen molar-refractivity contribution in [2.75, 3.05) is 26.2 Å². The smallest absolute Gasteiger partial charge is 0.244 e. The van der Waals surface area contributed by atoms with Crippen LogP contribution in [0.5, 0.6) is 0 Å². The number of aliphatic hydroxyl groups is 1. The van der Waals surface area contributed by atoms with E-state index in [-0.39, 0.29) is 17.5 Å². The average Bonchev–Trinajstić information content (AvgIpc) is 2.87. The standard InChI is InChI=1S/C12H20N2O3S2/c1-3-13-5-6-14(8-10(13)2)19(16,17)12-4-7-18-11(12)9-15/h4,7,10,15H,3,5-6,8-9H2,1-2H3. The van der Waals surface area contributed by atoms with Crippen molar-refractivity contribution < 1.29 is 13.5 Å². The van der Waals surface area contributed by atoms with Gasteiger partial charge in [0.1, 0.15) is 0 Å². The minimum Gasteiger partial charge on any atom is -0.391 e. The van der Waals surface area contributed by atoms with E-state index in [1.807, 2.05) is 6.92 Å². The number of likely N-dealkylation sites (N-methyl/N-ethyl adjacent to an activating group) is 1. The van der Waals surface area contributed by atoms with Crippen molar-refractivity contribution in [3.8, 4) is 0 Å². The summed E-state index contributed by atoms with van der Waals surface area (Å²) < 4.78 is 26.7. The lowest BCUT2D eigenvalue weighted by atomic mass is 10.2. The van der Waals surface area contributed by atoms with Crippen LogP contribution in [0.25, 0.3) is 0 Å². The van der Waals surface area contributed by atoms with Crippen molar-refractivity contribution >= 4 is 21.4 Å². The predicted octanol–water partition coefficient (Wildman–Crippen LogP) is 0.955. The maximum atomic E-state index is 12.6. The summed E-state index contributed by atoms with van der Waals surface area (Å²) in [4.78, 5) is 3.05. The number of aliphatic hydroxyl groups excluding tert-OH is 1. The van der Waals surface area contributed by atoms with Gasteiger partial charge in [0.2, 0.25) is 10.0 Å². The fraction of sp³-hybridized carbons (Fsp3) is 0.667. The molecule has 1 saturated heterocycles. The van der Waals surface area contributed by atoms with Gasteiger partial charge >= 0.3 is 0 Å². The van der Waals surface area contributed by atoms with Crippen molar-refractivity contribution in [3.63, 3.8) is 0 Å². The molecule has 1 N–H and O–H groups in total. The molecule has 0 aromatic carbocycles. The highest BCUT2D eigenvalue weighted by Crippen LogP contribution is 2.26. The van der Waals surface area contributed by atoms with Gasteiger partial charge in [0.15, 0.2) is 0 Å². The molecule has 7 heteroatoms. The molecule has 1 aliphatic rings. The number of nitrogens with zero attached hydrogens (tertiary/aromatic N) is 2. The second-order valence-electron chi connectivity index (χ2n) is 4.71. The van der Waals surface area contributed by atoms with Crippen molar-refractivity contribution in [2.45, 2.75) is 31.4 Å². The van der Waals surface area contributed by atoms with Crippen LogP contribution in [0.2, 0.25) is 0 Å². The Kier molecular flexibility index (Phi) is 4.62. The highest BCUT2D eigenvalue weighted by atomic mass is 32.2. The molecule has 2 rings (SSSR count). The fourth-order valence-corrected chi connectivity index (χ4v) is 5.24. The Morgan fingerprint density at radius 1 is 1.47 bits per heavy atom. The zero-order valence-electron chi connectivity index (χ0n) is 11.2. The van der Waals surface area contributed by atoms with E-state index in [9.17, 15) is 13.5 Å². The summed E-state index contributed by atoms with van der Waals surface area (Å²) in [5, 5.41) is 10.9. The van der Waals surface area contributed by atoms with Crippen molar-refractivity contribution in [3.05, 3.63) is 16.3 Å². The van der Waals surface area contributed by atoms with Gasteiger partial charge in [-0.15, -0.1) is 11.3 Å². The molecule has 0 bridgehead atoms. The molecular formula is C12H20N2O3S2. The number of rotatable bonds is 4. The molecule has 0 radical (unpaired) electrons. The van der Waals surface area contributed by atoms with Crippen LogP contribution in [0.3, 0.4) is 0 Å². The van der Waals surface area contributed by atoms with E-state index < -0.39 is 10.0 Å². The first kappa shape index (κ1) is 14.9. The monoisotopic (exact) mass is 304 g/mol. The largest absolute Gasteiger partial charge is 0.391 e. The van der Waals surface area contributed by atoms with Gasteiger partial charge in [0, 0.05) is 30.6 Å². The summed E-state index contributed by atoms with van der Waals surface area (Å²) in [5.41, 5.74) is 0. The molecule has 1 aliphatic heterocycles. The number of hydrogen-bond donors (Lipinski definition) is 1. The lowest BCUT2D eigenvalue weighted by Crippen LogP contribution is -2.53. The minimum absolute atomic E-state index is 0.225. The Hall–Kier alpha value is -0.470. The Balaban J connectivity index is 2.22. The summed E-state index contributed by atoms with van der Waals surface area (Å²) in [7, 11) is -3.47. The van der Waals surface area contributed by atoms with Crippen LogP contribution in [-0.2, 0) is 16.6 Å². The van der Waals surface area contributed by atoms with Crippen molar-refractivity contribution in [1.82, 2.24) is 9.21 Å². The van der Waals surface area contributed by atoms with Crippen LogP contribution in [0.4, 0.5) is 0 Å². The highest BCUT2D eigenvalue weighted by Gasteiger charge is 2.33. The van der Waals surface area contributed by atoms with E-state index in [1.165, 1.54) is 15.6 Å². The first-order valence-electron chi connectivity index (χ1n) is 6.42. The molecule has 0 spiro atoms. The minimum atomic E-state index is -3.47. The molecule has 1 aromatic rings. The van der Waals surface area contributed by atoms with Gasteiger partial charge in [-0.1, -0.05) is 6.92 Å². The molecule has 0 amide bonds. The third-order valence-corrected chi connectivity index (χ3v) is 6.58. The number of piperazine rings is 1. The van der Waals surface area contributed by atoms with Crippen LogP contribution in [0.15, 0.2) is 16.3 Å². The molecule has 0 aliphatic carbocycles. The molecule has 108 valence electrons. The van der Waals surface area contributed by atoms with Gasteiger partial charge in [0.25, 0.3) is 0 Å². The third-order valence-electron chi connectivity index (χ3n) is 3.60. The highest BCUT2D eigenvalue weighted by molar-refractivity contribution is 7.89. The topological polar surface area (TPSA) is 60.9 Å². The Morgan fingerprint density at radius 2 is 2.21 bits per heavy atom. The second kappa shape index (κ2) is 5.88. The Morgan fingerprint density at radius 3 is 2.79 bits per heavy atom. The zero-order valence-corrected chi connectivity index (χ0v) is 12.9. The normalized spacial score (nSPS) is 22.8. The first-order valence-corrected chi connectivity index (χ1v) is 8.74. The predicted molar refractivity (Wildman–Crippen MR) is 75.7 cm³/mol. The van der Waals surface area contributed by atoms with Crippen molar-refractivity contribution in [1.29, 1.82) is 0 Å². The number of hydrogen-bond acceptors (Lipinski definition) is 5. The molecule has 1 atom stereocenters. The Bertz CT molecular complexity index is 527.